The van der Waals surface area contributed by atoms with Gasteiger partial charge < -0.3 is 35.5 Å². The van der Waals surface area contributed by atoms with E-state index in [1.807, 2.05) is 32.0 Å². The Morgan fingerprint density at radius 3 is 2.50 bits per heavy atom. The number of aliphatic hydroxyl groups is 2. The maximum atomic E-state index is 14.2. The molecule has 274 valence electrons. The van der Waals surface area contributed by atoms with E-state index in [4.69, 9.17) is 10.2 Å². The molecule has 3 heterocycles. The Balaban J connectivity index is 1.52. The second kappa shape index (κ2) is 19.5. The van der Waals surface area contributed by atoms with Gasteiger partial charge in [-0.2, -0.15) is 0 Å². The number of carbonyl (C=O) groups is 3. The van der Waals surface area contributed by atoms with E-state index >= 15 is 0 Å². The number of hydrogen-bond acceptors (Lipinski definition) is 10. The predicted molar refractivity (Wildman–Crippen MR) is 193 cm³/mol. The summed E-state index contributed by atoms with van der Waals surface area (Å²) in [6.45, 7) is 4.21. The molecule has 3 aromatic heterocycles. The number of nitrogens with two attached hydrogens (primary N) is 1. The lowest BCUT2D eigenvalue weighted by atomic mass is 9.82. The zero-order valence-electron chi connectivity index (χ0n) is 29.6. The van der Waals surface area contributed by atoms with Crippen molar-refractivity contribution >= 4 is 34.2 Å². The third-order valence-electron chi connectivity index (χ3n) is 9.44. The first-order valence-electron chi connectivity index (χ1n) is 17.8. The summed E-state index contributed by atoms with van der Waals surface area (Å²) in [6, 6.07) is 8.39. The minimum Gasteiger partial charge on any atom is -0.467 e. The lowest BCUT2D eigenvalue weighted by Gasteiger charge is -2.33. The topological polar surface area (TPSA) is 175 Å². The van der Waals surface area contributed by atoms with Crippen LogP contribution in [0.2, 0.25) is 0 Å². The molecule has 1 fully saturated rings. The van der Waals surface area contributed by atoms with Gasteiger partial charge in [-0.1, -0.05) is 52.0 Å². The van der Waals surface area contributed by atoms with Crippen LogP contribution in [0.15, 0.2) is 52.6 Å². The lowest BCUT2D eigenvalue weighted by molar-refractivity contribution is -0.142. The fraction of sp³-hybridized carbons (Fsp3) is 0.595. The number of nitrogens with zero attached hydrogens (tertiary/aromatic N) is 4. The van der Waals surface area contributed by atoms with Crippen LogP contribution in [-0.4, -0.2) is 86.1 Å². The standard InChI is InChI=1S/C37H54N6O6S/c1-25(2)18-32(44)35(47)31(19-26-10-5-4-6-11-26)41-36(48)27(20-29-24-50-37(38)40-29)21-33(45)43(22-30-13-9-17-49-30)23-34(46)42(3)16-14-28-12-7-8-15-39-28/h7-9,12-13,15,17,24-27,31-32,35,44,47H,4-6,10-11,14,16,18-23H2,1-3H3,(H2,38,40)(H,41,48)/t27-,31+,32+,35-/m1/s1. The van der Waals surface area contributed by atoms with Crippen LogP contribution in [0.3, 0.4) is 0 Å². The molecular formula is C37H54N6O6S. The number of aliphatic hydroxyl groups excluding tert-OH is 2. The molecule has 0 saturated heterocycles. The van der Waals surface area contributed by atoms with Gasteiger partial charge in [0.1, 0.15) is 18.4 Å². The van der Waals surface area contributed by atoms with E-state index in [-0.39, 0.29) is 37.8 Å². The average Bonchev–Trinajstić information content (AvgIpc) is 3.77. The van der Waals surface area contributed by atoms with Gasteiger partial charge in [-0.25, -0.2) is 4.98 Å². The van der Waals surface area contributed by atoms with Crippen molar-refractivity contribution in [3.8, 4) is 0 Å². The number of hydrogen-bond donors (Lipinski definition) is 4. The summed E-state index contributed by atoms with van der Waals surface area (Å²) in [7, 11) is 1.69. The number of rotatable bonds is 19. The molecule has 0 unspecified atom stereocenters. The number of nitrogen functional groups attached to an aromatic ring is 1. The number of nitrogens with one attached hydrogen (secondary N) is 1. The van der Waals surface area contributed by atoms with Crippen molar-refractivity contribution in [2.75, 3.05) is 25.9 Å². The molecule has 0 radical (unpaired) electrons. The van der Waals surface area contributed by atoms with E-state index in [1.54, 1.807) is 35.7 Å². The molecule has 5 N–H and O–H groups in total. The van der Waals surface area contributed by atoms with Crippen LogP contribution < -0.4 is 11.1 Å². The van der Waals surface area contributed by atoms with Gasteiger partial charge >= 0.3 is 0 Å². The quantitative estimate of drug-likeness (QED) is 0.142. The van der Waals surface area contributed by atoms with Crippen molar-refractivity contribution < 1.29 is 29.0 Å². The Morgan fingerprint density at radius 1 is 1.08 bits per heavy atom. The van der Waals surface area contributed by atoms with Gasteiger partial charge in [0.05, 0.1) is 36.6 Å². The van der Waals surface area contributed by atoms with Gasteiger partial charge in [0.15, 0.2) is 5.13 Å². The Hall–Kier alpha value is -3.81. The summed E-state index contributed by atoms with van der Waals surface area (Å²) in [4.78, 5) is 53.3. The fourth-order valence-corrected chi connectivity index (χ4v) is 7.16. The molecule has 0 spiro atoms. The highest BCUT2D eigenvalue weighted by atomic mass is 32.1. The van der Waals surface area contributed by atoms with E-state index in [0.29, 0.717) is 48.3 Å². The molecule has 12 nitrogen and oxygen atoms in total. The SMILES string of the molecule is CC(C)C[C@H](O)[C@H](O)[C@H](CC1CCCCC1)NC(=O)[C@@H](CC(=O)N(CC(=O)N(C)CCc1ccccn1)Cc1ccco1)Cc1csc(N)n1. The molecule has 0 bridgehead atoms. The lowest BCUT2D eigenvalue weighted by Crippen LogP contribution is -2.52. The van der Waals surface area contributed by atoms with Gasteiger partial charge in [-0.15, -0.1) is 11.3 Å². The molecule has 1 aliphatic carbocycles. The average molecular weight is 711 g/mol. The number of furan rings is 1. The van der Waals surface area contributed by atoms with E-state index in [2.05, 4.69) is 15.3 Å². The Labute approximate surface area is 299 Å². The first kappa shape index (κ1) is 39.0. The van der Waals surface area contributed by atoms with Crippen LogP contribution in [0.25, 0.3) is 0 Å². The van der Waals surface area contributed by atoms with Crippen molar-refractivity contribution in [1.82, 2.24) is 25.1 Å². The second-order valence-corrected chi connectivity index (χ2v) is 14.9. The number of anilines is 1. The zero-order chi connectivity index (χ0) is 36.0. The first-order valence-corrected chi connectivity index (χ1v) is 18.7. The summed E-state index contributed by atoms with van der Waals surface area (Å²) < 4.78 is 5.53. The van der Waals surface area contributed by atoms with Crippen LogP contribution in [0.5, 0.6) is 0 Å². The summed E-state index contributed by atoms with van der Waals surface area (Å²) >= 11 is 1.25. The smallest absolute Gasteiger partial charge is 0.241 e. The molecule has 3 aromatic rings. The van der Waals surface area contributed by atoms with Gasteiger partial charge in [0.25, 0.3) is 0 Å². The Morgan fingerprint density at radius 2 is 1.86 bits per heavy atom. The Kier molecular flexibility index (Phi) is 15.2. The van der Waals surface area contributed by atoms with Crippen molar-refractivity contribution in [1.29, 1.82) is 0 Å². The second-order valence-electron chi connectivity index (χ2n) is 14.0. The molecular weight excluding hydrogens is 657 g/mol. The van der Waals surface area contributed by atoms with Crippen molar-refractivity contribution in [3.05, 3.63) is 65.3 Å². The number of thiazole rings is 1. The number of likely N-dealkylation sites (N-methyl/N-ethyl adjacent to an activating group) is 1. The molecule has 3 amide bonds. The largest absolute Gasteiger partial charge is 0.467 e. The minimum atomic E-state index is -1.16. The molecule has 1 aliphatic rings. The summed E-state index contributed by atoms with van der Waals surface area (Å²) in [5, 5.41) is 27.4. The predicted octanol–water partition coefficient (Wildman–Crippen LogP) is 4.22. The van der Waals surface area contributed by atoms with E-state index < -0.39 is 36.0 Å². The molecule has 0 aliphatic heterocycles. The van der Waals surface area contributed by atoms with E-state index in [0.717, 1.165) is 31.4 Å². The summed E-state index contributed by atoms with van der Waals surface area (Å²) in [5.41, 5.74) is 7.35. The Bertz CT molecular complexity index is 1460. The van der Waals surface area contributed by atoms with E-state index in [1.165, 1.54) is 28.9 Å². The number of pyridine rings is 1. The molecule has 50 heavy (non-hydrogen) atoms. The molecule has 0 aromatic carbocycles. The highest BCUT2D eigenvalue weighted by Crippen LogP contribution is 2.29. The summed E-state index contributed by atoms with van der Waals surface area (Å²) in [6.07, 6.45) is 7.84. The number of amides is 3. The van der Waals surface area contributed by atoms with Crippen LogP contribution in [0.1, 0.15) is 82.4 Å². The number of carbonyl (C=O) groups excluding carboxylic acids is 3. The third kappa shape index (κ3) is 12.5. The van der Waals surface area contributed by atoms with Crippen LogP contribution in [0, 0.1) is 17.8 Å². The maximum absolute atomic E-state index is 14.2. The van der Waals surface area contributed by atoms with Crippen molar-refractivity contribution in [2.24, 2.45) is 17.8 Å². The normalized spacial score (nSPS) is 16.0. The van der Waals surface area contributed by atoms with Crippen molar-refractivity contribution in [2.45, 2.75) is 103 Å². The maximum Gasteiger partial charge on any atom is 0.241 e. The summed E-state index contributed by atoms with van der Waals surface area (Å²) in [5.74, 6) is -0.975. The molecule has 4 rings (SSSR count). The van der Waals surface area contributed by atoms with Crippen LogP contribution >= 0.6 is 11.3 Å². The minimum absolute atomic E-state index is 0.0497. The molecule has 13 heteroatoms. The van der Waals surface area contributed by atoms with Crippen LogP contribution in [-0.2, 0) is 33.8 Å². The molecule has 4 atom stereocenters. The highest BCUT2D eigenvalue weighted by molar-refractivity contribution is 7.13. The van der Waals surface area contributed by atoms with Gasteiger partial charge in [0, 0.05) is 50.1 Å². The van der Waals surface area contributed by atoms with Crippen LogP contribution in [0.4, 0.5) is 5.13 Å². The highest BCUT2D eigenvalue weighted by Gasteiger charge is 2.34. The monoisotopic (exact) mass is 710 g/mol. The van der Waals surface area contributed by atoms with Gasteiger partial charge in [-0.3, -0.25) is 19.4 Å². The first-order chi connectivity index (χ1) is 24.0. The number of aromatic nitrogens is 2. The zero-order valence-corrected chi connectivity index (χ0v) is 30.4. The third-order valence-corrected chi connectivity index (χ3v) is 10.2. The van der Waals surface area contributed by atoms with E-state index in [9.17, 15) is 24.6 Å². The van der Waals surface area contributed by atoms with Crippen molar-refractivity contribution in [3.63, 3.8) is 0 Å². The molecule has 1 saturated carbocycles. The fourth-order valence-electron chi connectivity index (χ4n) is 6.58. The van der Waals surface area contributed by atoms with Gasteiger partial charge in [0.2, 0.25) is 17.7 Å². The van der Waals surface area contributed by atoms with Gasteiger partial charge in [-0.05, 0) is 48.9 Å².